The van der Waals surface area contributed by atoms with Gasteiger partial charge in [-0.25, -0.2) is 4.79 Å². The van der Waals surface area contributed by atoms with E-state index in [9.17, 15) is 22.8 Å². The van der Waals surface area contributed by atoms with Crippen molar-refractivity contribution >= 4 is 46.4 Å². The van der Waals surface area contributed by atoms with Crippen LogP contribution in [0.2, 0.25) is 10.0 Å². The molecule has 1 aromatic carbocycles. The third-order valence-corrected chi connectivity index (χ3v) is 3.30. The van der Waals surface area contributed by atoms with Crippen molar-refractivity contribution in [1.29, 1.82) is 0 Å². The highest BCUT2D eigenvalue weighted by Crippen LogP contribution is 2.38. The Kier molecular flexibility index (Phi) is 7.04. The zero-order valence-electron chi connectivity index (χ0n) is 12.6. The van der Waals surface area contributed by atoms with Crippen LogP contribution in [0.4, 0.5) is 18.9 Å². The average Bonchev–Trinajstić information content (AvgIpc) is 2.48. The Balaban J connectivity index is 3.18. The van der Waals surface area contributed by atoms with E-state index in [0.717, 1.165) is 0 Å². The fourth-order valence-corrected chi connectivity index (χ4v) is 2.12. The summed E-state index contributed by atoms with van der Waals surface area (Å²) in [6.45, 7) is 3.08. The number of carbonyl (C=O) groups is 2. The second-order valence-corrected chi connectivity index (χ2v) is 5.20. The lowest BCUT2D eigenvalue weighted by molar-refractivity contribution is -0.138. The van der Waals surface area contributed by atoms with E-state index in [1.54, 1.807) is 6.92 Å². The van der Waals surface area contributed by atoms with Crippen LogP contribution < -0.4 is 5.43 Å². The summed E-state index contributed by atoms with van der Waals surface area (Å²) in [5.74, 6) is -1.57. The number of halogens is 5. The highest BCUT2D eigenvalue weighted by atomic mass is 35.5. The normalized spacial score (nSPS) is 12.0. The number of ether oxygens (including phenoxy) is 1. The molecule has 0 unspecified atom stereocenters. The van der Waals surface area contributed by atoms with Crippen molar-refractivity contribution in [3.05, 3.63) is 27.7 Å². The predicted molar refractivity (Wildman–Crippen MR) is 84.5 cm³/mol. The largest absolute Gasteiger partial charge is 0.461 e. The molecule has 0 atom stereocenters. The molecule has 0 fully saturated rings. The number of rotatable bonds is 6. The van der Waals surface area contributed by atoms with Crippen molar-refractivity contribution in [2.24, 2.45) is 5.10 Å². The van der Waals surface area contributed by atoms with Crippen molar-refractivity contribution in [2.75, 3.05) is 12.0 Å². The van der Waals surface area contributed by atoms with Crippen molar-refractivity contribution in [1.82, 2.24) is 0 Å². The summed E-state index contributed by atoms with van der Waals surface area (Å²) in [7, 11) is 0. The molecule has 5 nitrogen and oxygen atoms in total. The first kappa shape index (κ1) is 20.2. The summed E-state index contributed by atoms with van der Waals surface area (Å²) >= 11 is 11.5. The Morgan fingerprint density at radius 3 is 2.17 bits per heavy atom. The van der Waals surface area contributed by atoms with Gasteiger partial charge in [0, 0.05) is 6.42 Å². The topological polar surface area (TPSA) is 67.8 Å². The Hall–Kier alpha value is -1.80. The third-order valence-electron chi connectivity index (χ3n) is 2.70. The molecule has 0 aromatic heterocycles. The van der Waals surface area contributed by atoms with E-state index < -0.39 is 29.2 Å². The number of nitrogens with zero attached hydrogens (tertiary/aromatic N) is 1. The maximum Gasteiger partial charge on any atom is 0.416 e. The fourth-order valence-electron chi connectivity index (χ4n) is 1.54. The van der Waals surface area contributed by atoms with Gasteiger partial charge in [-0.05, 0) is 19.1 Å². The van der Waals surface area contributed by atoms with Crippen LogP contribution in [0.25, 0.3) is 0 Å². The molecule has 0 spiro atoms. The number of hydrogen-bond acceptors (Lipinski definition) is 5. The number of hydrogen-bond donors (Lipinski definition) is 1. The van der Waals surface area contributed by atoms with Crippen LogP contribution in [0.15, 0.2) is 17.2 Å². The number of anilines is 1. The highest BCUT2D eigenvalue weighted by molar-refractivity contribution is 6.64. The lowest BCUT2D eigenvalue weighted by Gasteiger charge is -2.12. The first-order valence-corrected chi connectivity index (χ1v) is 7.47. The summed E-state index contributed by atoms with van der Waals surface area (Å²) in [6, 6.07) is 1.30. The maximum absolute atomic E-state index is 12.7. The van der Waals surface area contributed by atoms with Gasteiger partial charge >= 0.3 is 12.1 Å². The van der Waals surface area contributed by atoms with Gasteiger partial charge in [-0.1, -0.05) is 30.1 Å². The van der Waals surface area contributed by atoms with Crippen LogP contribution in [0.3, 0.4) is 0 Å². The number of Topliss-reactive ketones (excluding diaryl/α,β-unsaturated/α-hetero) is 1. The molecular weight excluding hydrogens is 372 g/mol. The molecule has 24 heavy (non-hydrogen) atoms. The molecule has 0 amide bonds. The first-order valence-electron chi connectivity index (χ1n) is 6.72. The summed E-state index contributed by atoms with van der Waals surface area (Å²) in [6.07, 6.45) is -4.64. The van der Waals surface area contributed by atoms with Crippen LogP contribution >= 0.6 is 23.2 Å². The lowest BCUT2D eigenvalue weighted by atomic mass is 10.2. The quantitative estimate of drug-likeness (QED) is 0.343. The molecule has 0 saturated heterocycles. The number of carbonyl (C=O) groups excluding carboxylic acids is 2. The van der Waals surface area contributed by atoms with E-state index >= 15 is 0 Å². The zero-order chi connectivity index (χ0) is 18.5. The van der Waals surface area contributed by atoms with Crippen LogP contribution in [0.5, 0.6) is 0 Å². The summed E-state index contributed by atoms with van der Waals surface area (Å²) in [5.41, 5.74) is 0.505. The SMILES string of the molecule is CCOC(=O)/C(=N\Nc1c(Cl)cc(C(F)(F)F)cc1Cl)C(=O)CC. The number of benzene rings is 1. The van der Waals surface area contributed by atoms with Gasteiger partial charge in [0.15, 0.2) is 5.78 Å². The van der Waals surface area contributed by atoms with Crippen molar-refractivity contribution in [2.45, 2.75) is 26.4 Å². The second-order valence-electron chi connectivity index (χ2n) is 4.38. The average molecular weight is 385 g/mol. The number of esters is 1. The minimum absolute atomic E-state index is 0.0200. The van der Waals surface area contributed by atoms with Gasteiger partial charge in [0.2, 0.25) is 5.71 Å². The third kappa shape index (κ3) is 5.10. The molecule has 1 N–H and O–H groups in total. The van der Waals surface area contributed by atoms with Crippen LogP contribution in [-0.2, 0) is 20.5 Å². The Morgan fingerprint density at radius 1 is 1.21 bits per heavy atom. The molecule has 0 saturated carbocycles. The number of alkyl halides is 3. The van der Waals surface area contributed by atoms with E-state index in [1.165, 1.54) is 6.92 Å². The van der Waals surface area contributed by atoms with Crippen molar-refractivity contribution in [3.8, 4) is 0 Å². The van der Waals surface area contributed by atoms with Crippen molar-refractivity contribution in [3.63, 3.8) is 0 Å². The molecule has 10 heteroatoms. The van der Waals surface area contributed by atoms with Crippen LogP contribution in [0, 0.1) is 0 Å². The van der Waals surface area contributed by atoms with Gasteiger partial charge in [-0.2, -0.15) is 18.3 Å². The van der Waals surface area contributed by atoms with E-state index in [1.807, 2.05) is 0 Å². The standard InChI is InChI=1S/C14H13Cl2F3N2O3/c1-3-10(22)12(13(23)24-4-2)21-20-11-8(15)5-7(6-9(11)16)14(17,18)19/h5-6,20H,3-4H2,1-2H3/b21-12-. The van der Waals surface area contributed by atoms with Gasteiger partial charge in [-0.15, -0.1) is 0 Å². The predicted octanol–water partition coefficient (Wildman–Crippen LogP) is 4.32. The zero-order valence-corrected chi connectivity index (χ0v) is 14.1. The molecule has 1 rings (SSSR count). The molecule has 1 aromatic rings. The molecule has 0 aliphatic heterocycles. The molecule has 0 heterocycles. The fraction of sp³-hybridized carbons (Fsp3) is 0.357. The van der Waals surface area contributed by atoms with Gasteiger partial charge in [-0.3, -0.25) is 10.2 Å². The number of ketones is 1. The van der Waals surface area contributed by atoms with Gasteiger partial charge in [0.1, 0.15) is 0 Å². The van der Waals surface area contributed by atoms with E-state index in [2.05, 4.69) is 10.5 Å². The summed E-state index contributed by atoms with van der Waals surface area (Å²) < 4.78 is 42.7. The molecule has 0 aliphatic rings. The second kappa shape index (κ2) is 8.34. The lowest BCUT2D eigenvalue weighted by Crippen LogP contribution is -2.27. The first-order chi connectivity index (χ1) is 11.1. The Morgan fingerprint density at radius 2 is 1.75 bits per heavy atom. The number of nitrogens with one attached hydrogen (secondary N) is 1. The van der Waals surface area contributed by atoms with E-state index in [-0.39, 0.29) is 28.8 Å². The minimum Gasteiger partial charge on any atom is -0.461 e. The maximum atomic E-state index is 12.7. The minimum atomic E-state index is -4.62. The van der Waals surface area contributed by atoms with Gasteiger partial charge < -0.3 is 4.74 Å². The molecule has 132 valence electrons. The number of hydrazone groups is 1. The van der Waals surface area contributed by atoms with Crippen molar-refractivity contribution < 1.29 is 27.5 Å². The smallest absolute Gasteiger partial charge is 0.416 e. The van der Waals surface area contributed by atoms with E-state index in [0.29, 0.717) is 12.1 Å². The molecule has 0 aliphatic carbocycles. The summed E-state index contributed by atoms with van der Waals surface area (Å²) in [4.78, 5) is 23.4. The molecular formula is C14H13Cl2F3N2O3. The molecule has 0 bridgehead atoms. The van der Waals surface area contributed by atoms with Crippen LogP contribution in [-0.4, -0.2) is 24.1 Å². The van der Waals surface area contributed by atoms with E-state index in [4.69, 9.17) is 27.9 Å². The Labute approximate surface area is 145 Å². The Bertz CT molecular complexity index is 653. The molecule has 0 radical (unpaired) electrons. The summed E-state index contributed by atoms with van der Waals surface area (Å²) in [5, 5.41) is 2.85. The van der Waals surface area contributed by atoms with Crippen LogP contribution in [0.1, 0.15) is 25.8 Å². The monoisotopic (exact) mass is 384 g/mol. The highest BCUT2D eigenvalue weighted by Gasteiger charge is 2.32. The van der Waals surface area contributed by atoms with Gasteiger partial charge in [0.25, 0.3) is 0 Å². The van der Waals surface area contributed by atoms with Gasteiger partial charge in [0.05, 0.1) is 27.9 Å².